The first-order chi connectivity index (χ1) is 12.3. The number of carbonyl (C=O) groups is 1. The molecule has 3 aromatic rings. The molecule has 9 N–H and O–H groups in total. The van der Waals surface area contributed by atoms with Gasteiger partial charge in [0.1, 0.15) is 0 Å². The zero-order valence-corrected chi connectivity index (χ0v) is 14.7. The molecule has 134 valence electrons. The van der Waals surface area contributed by atoms with Crippen molar-refractivity contribution in [1.82, 2.24) is 0 Å². The molecule has 0 aromatic heterocycles. The average molecular weight is 370 g/mol. The van der Waals surface area contributed by atoms with Crippen molar-refractivity contribution < 1.29 is 4.79 Å². The van der Waals surface area contributed by atoms with Gasteiger partial charge in [-0.05, 0) is 66.7 Å². The van der Waals surface area contributed by atoms with Gasteiger partial charge in [-0.25, -0.2) is 0 Å². The first kappa shape index (κ1) is 19.0. The Morgan fingerprint density at radius 3 is 1.62 bits per heavy atom. The van der Waals surface area contributed by atoms with E-state index in [1.54, 1.807) is 66.7 Å². The number of nitrogens with two attached hydrogens (primary N) is 4. The minimum atomic E-state index is -0.172. The predicted molar refractivity (Wildman–Crippen MR) is 110 cm³/mol. The summed E-state index contributed by atoms with van der Waals surface area (Å²) in [6.45, 7) is 0. The van der Waals surface area contributed by atoms with Crippen LogP contribution in [0.2, 0.25) is 5.02 Å². The van der Waals surface area contributed by atoms with E-state index < -0.39 is 0 Å². The lowest BCUT2D eigenvalue weighted by Crippen LogP contribution is -2.11. The molecule has 0 atom stereocenters. The average Bonchev–Trinajstić information content (AvgIpc) is 2.57. The maximum atomic E-state index is 11.8. The lowest BCUT2D eigenvalue weighted by atomic mass is 10.2. The van der Waals surface area contributed by atoms with Crippen LogP contribution in [0.15, 0.2) is 66.7 Å². The number of rotatable bonds is 2. The zero-order valence-electron chi connectivity index (χ0n) is 13.9. The largest absolute Gasteiger partial charge is 0.399 e. The Balaban J connectivity index is 0.000000228. The van der Waals surface area contributed by atoms with Crippen LogP contribution in [0.25, 0.3) is 0 Å². The van der Waals surface area contributed by atoms with Gasteiger partial charge in [-0.2, -0.15) is 0 Å². The van der Waals surface area contributed by atoms with E-state index in [-0.39, 0.29) is 5.91 Å². The Morgan fingerprint density at radius 1 is 0.692 bits per heavy atom. The monoisotopic (exact) mass is 369 g/mol. The van der Waals surface area contributed by atoms with Gasteiger partial charge in [0.05, 0.1) is 0 Å². The van der Waals surface area contributed by atoms with Crippen LogP contribution in [-0.4, -0.2) is 5.91 Å². The molecule has 3 rings (SSSR count). The van der Waals surface area contributed by atoms with E-state index in [4.69, 9.17) is 34.5 Å². The Morgan fingerprint density at radius 2 is 1.15 bits per heavy atom. The van der Waals surface area contributed by atoms with Gasteiger partial charge >= 0.3 is 0 Å². The number of hydrogen-bond donors (Lipinski definition) is 5. The van der Waals surface area contributed by atoms with Crippen LogP contribution in [0, 0.1) is 0 Å². The van der Waals surface area contributed by atoms with Gasteiger partial charge in [-0.15, -0.1) is 0 Å². The third kappa shape index (κ3) is 5.92. The molecule has 7 heteroatoms. The highest BCUT2D eigenvalue weighted by molar-refractivity contribution is 6.31. The summed E-state index contributed by atoms with van der Waals surface area (Å²) in [4.78, 5) is 11.8. The number of amides is 1. The fraction of sp³-hybridized carbons (Fsp3) is 0. The Hall–Kier alpha value is -3.38. The van der Waals surface area contributed by atoms with Gasteiger partial charge < -0.3 is 28.3 Å². The van der Waals surface area contributed by atoms with Crippen LogP contribution in [0.5, 0.6) is 0 Å². The van der Waals surface area contributed by atoms with Crippen molar-refractivity contribution >= 4 is 45.9 Å². The highest BCUT2D eigenvalue weighted by atomic mass is 35.5. The zero-order chi connectivity index (χ0) is 19.1. The van der Waals surface area contributed by atoms with E-state index >= 15 is 0 Å². The van der Waals surface area contributed by atoms with Gasteiger partial charge in [0.2, 0.25) is 0 Å². The summed E-state index contributed by atoms with van der Waals surface area (Å²) < 4.78 is 0. The summed E-state index contributed by atoms with van der Waals surface area (Å²) in [5.74, 6) is -0.172. The van der Waals surface area contributed by atoms with Crippen molar-refractivity contribution in [3.8, 4) is 0 Å². The lowest BCUT2D eigenvalue weighted by molar-refractivity contribution is 0.102. The SMILES string of the molecule is Nc1cc(N)cc(Cl)c1.Nc1ccc(NC(=O)c2ccc(N)cc2)cc1. The summed E-state index contributed by atoms with van der Waals surface area (Å²) in [6.07, 6.45) is 0. The maximum Gasteiger partial charge on any atom is 0.255 e. The molecule has 3 aromatic carbocycles. The van der Waals surface area contributed by atoms with Crippen molar-refractivity contribution in [2.24, 2.45) is 0 Å². The first-order valence-corrected chi connectivity index (χ1v) is 8.05. The number of anilines is 5. The number of hydrogen-bond acceptors (Lipinski definition) is 5. The second-order valence-corrected chi connectivity index (χ2v) is 5.95. The van der Waals surface area contributed by atoms with Gasteiger partial charge in [0, 0.05) is 39.0 Å². The Bertz CT molecular complexity index is 829. The molecule has 0 aliphatic carbocycles. The third-order valence-corrected chi connectivity index (χ3v) is 3.50. The molecular weight excluding hydrogens is 350 g/mol. The van der Waals surface area contributed by atoms with E-state index in [9.17, 15) is 4.79 Å². The van der Waals surface area contributed by atoms with Gasteiger partial charge in [-0.3, -0.25) is 4.79 Å². The Labute approximate surface area is 156 Å². The third-order valence-electron chi connectivity index (χ3n) is 3.28. The molecule has 0 unspecified atom stereocenters. The molecule has 0 saturated heterocycles. The summed E-state index contributed by atoms with van der Waals surface area (Å²) >= 11 is 5.59. The highest BCUT2D eigenvalue weighted by Crippen LogP contribution is 2.17. The molecule has 1 amide bonds. The molecule has 0 aliphatic heterocycles. The van der Waals surface area contributed by atoms with Crippen molar-refractivity contribution in [1.29, 1.82) is 0 Å². The molecule has 26 heavy (non-hydrogen) atoms. The number of benzene rings is 3. The minimum Gasteiger partial charge on any atom is -0.399 e. The Kier molecular flexibility index (Phi) is 6.30. The molecule has 0 saturated carbocycles. The van der Waals surface area contributed by atoms with E-state index in [0.29, 0.717) is 39.0 Å². The maximum absolute atomic E-state index is 11.8. The molecule has 0 aliphatic rings. The van der Waals surface area contributed by atoms with Gasteiger partial charge in [-0.1, -0.05) is 11.6 Å². The van der Waals surface area contributed by atoms with Crippen LogP contribution >= 0.6 is 11.6 Å². The molecule has 0 spiro atoms. The molecule has 6 nitrogen and oxygen atoms in total. The van der Waals surface area contributed by atoms with Crippen LogP contribution in [0.4, 0.5) is 28.4 Å². The van der Waals surface area contributed by atoms with E-state index in [2.05, 4.69) is 5.32 Å². The molecule has 0 fully saturated rings. The number of carbonyl (C=O) groups excluding carboxylic acids is 1. The number of nitrogens with one attached hydrogen (secondary N) is 1. The summed E-state index contributed by atoms with van der Waals surface area (Å²) in [5, 5.41) is 3.35. The van der Waals surface area contributed by atoms with Crippen molar-refractivity contribution in [3.05, 3.63) is 77.3 Å². The van der Waals surface area contributed by atoms with Crippen LogP contribution < -0.4 is 28.3 Å². The highest BCUT2D eigenvalue weighted by Gasteiger charge is 2.05. The number of halogens is 1. The number of nitrogen functional groups attached to an aromatic ring is 4. The van der Waals surface area contributed by atoms with Crippen molar-refractivity contribution in [2.45, 2.75) is 0 Å². The second-order valence-electron chi connectivity index (χ2n) is 5.52. The quantitative estimate of drug-likeness (QED) is 0.440. The second kappa shape index (κ2) is 8.64. The minimum absolute atomic E-state index is 0.172. The topological polar surface area (TPSA) is 133 Å². The summed E-state index contributed by atoms with van der Waals surface area (Å²) in [7, 11) is 0. The van der Waals surface area contributed by atoms with Crippen LogP contribution in [-0.2, 0) is 0 Å². The molecular formula is C19H20ClN5O. The summed E-state index contributed by atoms with van der Waals surface area (Å²) in [6, 6.07) is 18.7. The van der Waals surface area contributed by atoms with E-state index in [1.165, 1.54) is 0 Å². The standard InChI is InChI=1S/C13H13N3O.C6H7ClN2/c14-10-3-1-9(2-4-10)13(17)16-12-7-5-11(15)6-8-12;7-4-1-5(8)3-6(9)2-4/h1-8H,14-15H2,(H,16,17);1-3H,8-9H2. The van der Waals surface area contributed by atoms with Crippen molar-refractivity contribution in [3.63, 3.8) is 0 Å². The van der Waals surface area contributed by atoms with Crippen LogP contribution in [0.3, 0.4) is 0 Å². The fourth-order valence-electron chi connectivity index (χ4n) is 2.04. The lowest BCUT2D eigenvalue weighted by Gasteiger charge is -2.05. The fourth-order valence-corrected chi connectivity index (χ4v) is 2.29. The first-order valence-electron chi connectivity index (χ1n) is 7.67. The predicted octanol–water partition coefficient (Wildman–Crippen LogP) is 3.61. The van der Waals surface area contributed by atoms with Gasteiger partial charge in [0.15, 0.2) is 0 Å². The normalized spacial score (nSPS) is 9.73. The van der Waals surface area contributed by atoms with Crippen molar-refractivity contribution in [2.75, 3.05) is 28.3 Å². The van der Waals surface area contributed by atoms with Crippen LogP contribution in [0.1, 0.15) is 10.4 Å². The van der Waals surface area contributed by atoms with Gasteiger partial charge in [0.25, 0.3) is 5.91 Å². The van der Waals surface area contributed by atoms with E-state index in [1.807, 2.05) is 0 Å². The van der Waals surface area contributed by atoms with E-state index in [0.717, 1.165) is 0 Å². The molecule has 0 bridgehead atoms. The molecule has 0 heterocycles. The smallest absolute Gasteiger partial charge is 0.255 e. The summed E-state index contributed by atoms with van der Waals surface area (Å²) in [5.41, 5.74) is 25.7. The molecule has 0 radical (unpaired) electrons.